The lowest BCUT2D eigenvalue weighted by atomic mass is 10.0. The molecule has 0 spiro atoms. The molecular weight excluding hydrogens is 422 g/mol. The number of primary sulfonamides is 1. The number of fused-ring (bicyclic) bond motifs is 1. The Morgan fingerprint density at radius 1 is 1.00 bits per heavy atom. The summed E-state index contributed by atoms with van der Waals surface area (Å²) in [6.45, 7) is 2.03. The summed E-state index contributed by atoms with van der Waals surface area (Å²) < 4.78 is 25.7. The standard InChI is InChI=1S/C21H17N3O4S2/c1-13-2-11-18-19(12-13)29-21(23-18)16-5-3-14(4-6-16)20(30(22,27)28)15-7-9-17(10-8-15)24(25)26/h2-12,20H,1H3,(H2,22,27,28). The average Bonchev–Trinajstić information content (AvgIpc) is 3.11. The molecule has 0 fully saturated rings. The van der Waals surface area contributed by atoms with Crippen molar-refractivity contribution in [2.75, 3.05) is 0 Å². The molecule has 0 bridgehead atoms. The second-order valence-electron chi connectivity index (χ2n) is 6.93. The normalized spacial score (nSPS) is 12.7. The van der Waals surface area contributed by atoms with E-state index < -0.39 is 20.2 Å². The maximum absolute atomic E-state index is 12.3. The van der Waals surface area contributed by atoms with Crippen LogP contribution in [0.1, 0.15) is 21.9 Å². The van der Waals surface area contributed by atoms with Gasteiger partial charge in [0.15, 0.2) is 0 Å². The zero-order valence-corrected chi connectivity index (χ0v) is 17.5. The number of aromatic nitrogens is 1. The van der Waals surface area contributed by atoms with Crippen molar-refractivity contribution in [3.63, 3.8) is 0 Å². The zero-order chi connectivity index (χ0) is 21.5. The van der Waals surface area contributed by atoms with Crippen LogP contribution in [0.5, 0.6) is 0 Å². The summed E-state index contributed by atoms with van der Waals surface area (Å²) in [5.41, 5.74) is 3.67. The van der Waals surface area contributed by atoms with Gasteiger partial charge in [0.05, 0.1) is 15.1 Å². The minimum absolute atomic E-state index is 0.117. The highest BCUT2D eigenvalue weighted by Gasteiger charge is 2.26. The fourth-order valence-corrected chi connectivity index (χ4v) is 5.44. The van der Waals surface area contributed by atoms with E-state index in [1.165, 1.54) is 24.3 Å². The van der Waals surface area contributed by atoms with Crippen LogP contribution in [-0.2, 0) is 10.0 Å². The number of benzene rings is 3. The molecular formula is C21H17N3O4S2. The van der Waals surface area contributed by atoms with E-state index in [1.54, 1.807) is 23.5 Å². The SMILES string of the molecule is Cc1ccc2nc(-c3ccc(C(c4ccc([N+](=O)[O-])cc4)S(N)(=O)=O)cc3)sc2c1. The number of nitrogens with two attached hydrogens (primary N) is 1. The van der Waals surface area contributed by atoms with Gasteiger partial charge in [0.2, 0.25) is 10.0 Å². The third kappa shape index (κ3) is 3.95. The van der Waals surface area contributed by atoms with Gasteiger partial charge in [-0.1, -0.05) is 42.5 Å². The van der Waals surface area contributed by atoms with Crippen LogP contribution in [-0.4, -0.2) is 18.3 Å². The predicted molar refractivity (Wildman–Crippen MR) is 118 cm³/mol. The van der Waals surface area contributed by atoms with Gasteiger partial charge in [0.1, 0.15) is 10.3 Å². The molecule has 0 aliphatic carbocycles. The number of hydrogen-bond donors (Lipinski definition) is 1. The van der Waals surface area contributed by atoms with Crippen molar-refractivity contribution < 1.29 is 13.3 Å². The molecule has 4 aromatic rings. The Kier molecular flexibility index (Phi) is 5.10. The lowest BCUT2D eigenvalue weighted by Gasteiger charge is -2.16. The average molecular weight is 440 g/mol. The molecule has 3 aromatic carbocycles. The van der Waals surface area contributed by atoms with Gasteiger partial charge in [-0.3, -0.25) is 10.1 Å². The number of aryl methyl sites for hydroxylation is 1. The second-order valence-corrected chi connectivity index (χ2v) is 9.61. The highest BCUT2D eigenvalue weighted by molar-refractivity contribution is 7.89. The second kappa shape index (κ2) is 7.60. The van der Waals surface area contributed by atoms with E-state index in [9.17, 15) is 18.5 Å². The zero-order valence-electron chi connectivity index (χ0n) is 15.8. The van der Waals surface area contributed by atoms with Crippen LogP contribution < -0.4 is 5.14 Å². The van der Waals surface area contributed by atoms with Gasteiger partial charge in [0.25, 0.3) is 5.69 Å². The molecule has 1 aromatic heterocycles. The Labute approximate surface area is 177 Å². The lowest BCUT2D eigenvalue weighted by Crippen LogP contribution is -2.22. The number of sulfonamides is 1. The van der Waals surface area contributed by atoms with Crippen molar-refractivity contribution in [1.82, 2.24) is 4.98 Å². The van der Waals surface area contributed by atoms with Crippen LogP contribution >= 0.6 is 11.3 Å². The van der Waals surface area contributed by atoms with Crippen molar-refractivity contribution in [1.29, 1.82) is 0 Å². The van der Waals surface area contributed by atoms with E-state index in [-0.39, 0.29) is 5.69 Å². The Bertz CT molecular complexity index is 1350. The minimum Gasteiger partial charge on any atom is -0.258 e. The predicted octanol–water partition coefficient (Wildman–Crippen LogP) is 4.56. The van der Waals surface area contributed by atoms with Gasteiger partial charge < -0.3 is 0 Å². The number of thiazole rings is 1. The smallest absolute Gasteiger partial charge is 0.258 e. The Balaban J connectivity index is 1.71. The molecule has 9 heteroatoms. The number of nitro benzene ring substituents is 1. The van der Waals surface area contributed by atoms with Crippen molar-refractivity contribution in [2.45, 2.75) is 12.2 Å². The first-order valence-corrected chi connectivity index (χ1v) is 11.4. The maximum Gasteiger partial charge on any atom is 0.269 e. The van der Waals surface area contributed by atoms with Crippen LogP contribution in [0.2, 0.25) is 0 Å². The first kappa shape index (κ1) is 20.1. The third-order valence-corrected chi connectivity index (χ3v) is 7.01. The summed E-state index contributed by atoms with van der Waals surface area (Å²) in [4.78, 5) is 15.0. The van der Waals surface area contributed by atoms with E-state index >= 15 is 0 Å². The Morgan fingerprint density at radius 3 is 2.17 bits per heavy atom. The van der Waals surface area contributed by atoms with Gasteiger partial charge in [-0.05, 0) is 35.7 Å². The Hall–Kier alpha value is -3.14. The number of hydrogen-bond acceptors (Lipinski definition) is 6. The number of nitrogens with zero attached hydrogens (tertiary/aromatic N) is 2. The Morgan fingerprint density at radius 2 is 1.60 bits per heavy atom. The molecule has 2 N–H and O–H groups in total. The molecule has 1 unspecified atom stereocenters. The third-order valence-electron chi connectivity index (χ3n) is 4.74. The van der Waals surface area contributed by atoms with Crippen molar-refractivity contribution in [3.8, 4) is 10.6 Å². The monoisotopic (exact) mass is 439 g/mol. The number of rotatable bonds is 5. The molecule has 4 rings (SSSR count). The maximum atomic E-state index is 12.3. The largest absolute Gasteiger partial charge is 0.269 e. The van der Waals surface area contributed by atoms with E-state index in [0.717, 1.165) is 26.4 Å². The molecule has 0 aliphatic heterocycles. The van der Waals surface area contributed by atoms with Crippen LogP contribution in [0.4, 0.5) is 5.69 Å². The molecule has 0 saturated carbocycles. The first-order valence-electron chi connectivity index (χ1n) is 8.96. The van der Waals surface area contributed by atoms with Gasteiger partial charge in [-0.2, -0.15) is 0 Å². The first-order chi connectivity index (χ1) is 14.2. The molecule has 30 heavy (non-hydrogen) atoms. The van der Waals surface area contributed by atoms with Crippen molar-refractivity contribution in [2.24, 2.45) is 5.14 Å². The molecule has 1 atom stereocenters. The van der Waals surface area contributed by atoms with Gasteiger partial charge in [0, 0.05) is 17.7 Å². The van der Waals surface area contributed by atoms with Crippen LogP contribution in [0, 0.1) is 17.0 Å². The summed E-state index contributed by atoms with van der Waals surface area (Å²) in [6, 6.07) is 18.4. The number of nitro groups is 1. The summed E-state index contributed by atoms with van der Waals surface area (Å²) in [6.07, 6.45) is 0. The van der Waals surface area contributed by atoms with E-state index in [1.807, 2.05) is 31.2 Å². The fraction of sp³-hybridized carbons (Fsp3) is 0.0952. The molecule has 0 aliphatic rings. The molecule has 0 amide bonds. The van der Waals surface area contributed by atoms with Gasteiger partial charge in [-0.15, -0.1) is 11.3 Å². The molecule has 0 saturated heterocycles. The van der Waals surface area contributed by atoms with Crippen LogP contribution in [0.15, 0.2) is 66.7 Å². The van der Waals surface area contributed by atoms with Crippen LogP contribution in [0.3, 0.4) is 0 Å². The summed E-state index contributed by atoms with van der Waals surface area (Å²) in [5, 5.41) is 16.1. The van der Waals surface area contributed by atoms with Gasteiger partial charge in [-0.25, -0.2) is 18.5 Å². The topological polar surface area (TPSA) is 116 Å². The summed E-state index contributed by atoms with van der Waals surface area (Å²) >= 11 is 1.57. The van der Waals surface area contributed by atoms with Crippen molar-refractivity contribution in [3.05, 3.63) is 93.5 Å². The highest BCUT2D eigenvalue weighted by atomic mass is 32.2. The molecule has 0 radical (unpaired) electrons. The molecule has 7 nitrogen and oxygen atoms in total. The molecule has 152 valence electrons. The summed E-state index contributed by atoms with van der Waals surface area (Å²) in [7, 11) is -3.99. The quantitative estimate of drug-likeness (QED) is 0.361. The van der Waals surface area contributed by atoms with E-state index in [0.29, 0.717) is 11.1 Å². The fourth-order valence-electron chi connectivity index (χ4n) is 3.30. The summed E-state index contributed by atoms with van der Waals surface area (Å²) in [5.74, 6) is 0. The molecule has 1 heterocycles. The van der Waals surface area contributed by atoms with Crippen molar-refractivity contribution >= 4 is 37.3 Å². The van der Waals surface area contributed by atoms with E-state index in [2.05, 4.69) is 11.1 Å². The van der Waals surface area contributed by atoms with E-state index in [4.69, 9.17) is 5.14 Å². The minimum atomic E-state index is -3.99. The van der Waals surface area contributed by atoms with Crippen LogP contribution in [0.25, 0.3) is 20.8 Å². The lowest BCUT2D eigenvalue weighted by molar-refractivity contribution is -0.384. The highest BCUT2D eigenvalue weighted by Crippen LogP contribution is 2.34. The number of non-ortho nitro benzene ring substituents is 1. The van der Waals surface area contributed by atoms with Gasteiger partial charge >= 0.3 is 0 Å².